The molecule has 0 saturated heterocycles. The molecule has 2 fully saturated rings. The van der Waals surface area contributed by atoms with E-state index in [1.165, 1.54) is 15.8 Å². The third kappa shape index (κ3) is 1.02. The van der Waals surface area contributed by atoms with Crippen molar-refractivity contribution in [1.29, 1.82) is 0 Å². The van der Waals surface area contributed by atoms with E-state index in [4.69, 9.17) is 0 Å². The average Bonchev–Trinajstić information content (AvgIpc) is 2.10. The molecule has 0 radical (unpaired) electrons. The number of hydrogen-bond acceptors (Lipinski definition) is 0. The minimum absolute atomic E-state index is 0.590. The van der Waals surface area contributed by atoms with Gasteiger partial charge in [-0.25, -0.2) is 0 Å². The van der Waals surface area contributed by atoms with Crippen molar-refractivity contribution in [3.8, 4) is 0 Å². The average molecular weight is 237 g/mol. The Morgan fingerprint density at radius 3 is 2.00 bits per heavy atom. The molecule has 0 nitrogen and oxygen atoms in total. The van der Waals surface area contributed by atoms with Crippen LogP contribution in [0.25, 0.3) is 0 Å². The first-order chi connectivity index (χ1) is 4.40. The molecule has 2 saturated carbocycles. The fourth-order valence-corrected chi connectivity index (χ4v) is 4.51. The molecule has 54 valence electrons. The summed E-state index contributed by atoms with van der Waals surface area (Å²) in [5, 5.41) is 0. The Morgan fingerprint density at radius 2 is 1.67 bits per heavy atom. The molecule has 0 N–H and O–H groups in total. The van der Waals surface area contributed by atoms with Gasteiger partial charge in [0.05, 0.1) is 0 Å². The summed E-state index contributed by atoms with van der Waals surface area (Å²) in [6, 6.07) is 0. The van der Waals surface area contributed by atoms with Crippen LogP contribution in [0.2, 0.25) is 0 Å². The Morgan fingerprint density at radius 1 is 1.11 bits per heavy atom. The van der Waals surface area contributed by atoms with Crippen LogP contribution in [0.3, 0.4) is 0 Å². The van der Waals surface area contributed by atoms with Gasteiger partial charge >= 0.3 is 67.6 Å². The number of fused-ring (bicyclic) bond motifs is 1. The van der Waals surface area contributed by atoms with Crippen molar-refractivity contribution in [2.45, 2.75) is 29.6 Å². The van der Waals surface area contributed by atoms with E-state index in [1.807, 2.05) is 0 Å². The van der Waals surface area contributed by atoms with Gasteiger partial charge in [0, 0.05) is 0 Å². The summed E-state index contributed by atoms with van der Waals surface area (Å²) in [5.41, 5.74) is 0. The first kappa shape index (κ1) is 6.44. The molecule has 1 heteroatoms. The molecule has 0 aromatic heterocycles. The van der Waals surface area contributed by atoms with Crippen LogP contribution < -0.4 is 21.2 Å². The van der Waals surface area contributed by atoms with Gasteiger partial charge in [0.1, 0.15) is 0 Å². The van der Waals surface area contributed by atoms with E-state index < -0.39 is 0 Å². The molecule has 0 aliphatic heterocycles. The zero-order chi connectivity index (χ0) is 6.27. The molecule has 0 aromatic carbocycles. The van der Waals surface area contributed by atoms with Crippen molar-refractivity contribution in [2.24, 2.45) is 11.8 Å². The molecule has 0 heterocycles. The summed E-state index contributed by atoms with van der Waals surface area (Å²) >= 11 is 0.590. The monoisotopic (exact) mass is 237 g/mol. The van der Waals surface area contributed by atoms with Gasteiger partial charge in [0.15, 0.2) is 0 Å². The molecule has 2 aliphatic rings. The van der Waals surface area contributed by atoms with E-state index in [9.17, 15) is 0 Å². The third-order valence-electron chi connectivity index (χ3n) is 3.00. The van der Waals surface area contributed by atoms with Crippen molar-refractivity contribution in [3.05, 3.63) is 0 Å². The van der Waals surface area contributed by atoms with Crippen LogP contribution in [-0.4, -0.2) is 8.86 Å². The molecule has 2 aliphatic carbocycles. The van der Waals surface area contributed by atoms with E-state index >= 15 is 0 Å². The molecule has 0 aromatic rings. The standard InChI is InChI=1S/C8H14I/c1-9-8-4-6-2-3-7(6)5-8/h6-8H,2-5H2,1H3/q-1. The normalized spacial score (nSPS) is 48.8. The van der Waals surface area contributed by atoms with Gasteiger partial charge in [-0.1, -0.05) is 0 Å². The topological polar surface area (TPSA) is 0 Å². The molecule has 0 bridgehead atoms. The van der Waals surface area contributed by atoms with Gasteiger partial charge in [0.25, 0.3) is 0 Å². The number of halogens is 1. The summed E-state index contributed by atoms with van der Waals surface area (Å²) < 4.78 is 1.22. The second kappa shape index (κ2) is 2.40. The van der Waals surface area contributed by atoms with E-state index in [2.05, 4.69) is 4.93 Å². The fraction of sp³-hybridized carbons (Fsp3) is 1.00. The summed E-state index contributed by atoms with van der Waals surface area (Å²) in [7, 11) is 0. The first-order valence-corrected chi connectivity index (χ1v) is 7.28. The zero-order valence-corrected chi connectivity index (χ0v) is 8.10. The summed E-state index contributed by atoms with van der Waals surface area (Å²) in [6.45, 7) is 0. The van der Waals surface area contributed by atoms with Crippen molar-refractivity contribution < 1.29 is 21.2 Å². The summed E-state index contributed by atoms with van der Waals surface area (Å²) in [6.07, 6.45) is 6.39. The number of hydrogen-bond donors (Lipinski definition) is 0. The van der Waals surface area contributed by atoms with Crippen LogP contribution in [0.15, 0.2) is 0 Å². The zero-order valence-electron chi connectivity index (χ0n) is 5.94. The Kier molecular flexibility index (Phi) is 1.72. The van der Waals surface area contributed by atoms with Gasteiger partial charge in [-0.15, -0.1) is 0 Å². The molecule has 0 amide bonds. The predicted molar refractivity (Wildman–Crippen MR) is 35.2 cm³/mol. The molecule has 2 atom stereocenters. The quantitative estimate of drug-likeness (QED) is 0.401. The van der Waals surface area contributed by atoms with Crippen molar-refractivity contribution >= 4 is 0 Å². The van der Waals surface area contributed by atoms with Crippen LogP contribution in [0.4, 0.5) is 0 Å². The Labute approximate surface area is 67.7 Å². The van der Waals surface area contributed by atoms with E-state index in [1.54, 1.807) is 25.7 Å². The predicted octanol–water partition coefficient (Wildman–Crippen LogP) is -1.11. The molecular weight excluding hydrogens is 223 g/mol. The summed E-state index contributed by atoms with van der Waals surface area (Å²) in [5.74, 6) is 2.41. The van der Waals surface area contributed by atoms with Gasteiger partial charge in [-0.05, 0) is 0 Å². The van der Waals surface area contributed by atoms with Gasteiger partial charge in [-0.2, -0.15) is 0 Å². The number of rotatable bonds is 1. The van der Waals surface area contributed by atoms with E-state index in [-0.39, 0.29) is 0 Å². The Bertz CT molecular complexity index is 99.1. The maximum absolute atomic E-state index is 2.45. The maximum atomic E-state index is 2.45. The minimum atomic E-state index is 0.590. The third-order valence-corrected chi connectivity index (χ3v) is 5.78. The van der Waals surface area contributed by atoms with Crippen LogP contribution >= 0.6 is 0 Å². The van der Waals surface area contributed by atoms with Crippen molar-refractivity contribution in [3.63, 3.8) is 0 Å². The number of alkyl halides is 2. The second-order valence-electron chi connectivity index (χ2n) is 3.38. The van der Waals surface area contributed by atoms with Gasteiger partial charge in [-0.3, -0.25) is 0 Å². The van der Waals surface area contributed by atoms with Gasteiger partial charge < -0.3 is 0 Å². The second-order valence-corrected chi connectivity index (χ2v) is 6.39. The van der Waals surface area contributed by atoms with Crippen molar-refractivity contribution in [2.75, 3.05) is 4.93 Å². The van der Waals surface area contributed by atoms with Crippen LogP contribution in [-0.2, 0) is 0 Å². The molecule has 2 rings (SSSR count). The fourth-order valence-electron chi connectivity index (χ4n) is 2.19. The van der Waals surface area contributed by atoms with Crippen LogP contribution in [0.5, 0.6) is 0 Å². The van der Waals surface area contributed by atoms with Crippen molar-refractivity contribution in [1.82, 2.24) is 0 Å². The molecule has 0 spiro atoms. The van der Waals surface area contributed by atoms with Crippen LogP contribution in [0, 0.1) is 11.8 Å². The first-order valence-electron chi connectivity index (χ1n) is 3.88. The summed E-state index contributed by atoms with van der Waals surface area (Å²) in [4.78, 5) is 2.45. The molecule has 2 unspecified atom stereocenters. The van der Waals surface area contributed by atoms with E-state index in [0.29, 0.717) is 21.2 Å². The van der Waals surface area contributed by atoms with Gasteiger partial charge in [0.2, 0.25) is 0 Å². The SMILES string of the molecule is C[I-]C1CC2CCC2C1. The Balaban J connectivity index is 1.91. The molecule has 9 heavy (non-hydrogen) atoms. The Hall–Kier alpha value is 0.730. The molecular formula is C8H14I-. The van der Waals surface area contributed by atoms with Crippen LogP contribution in [0.1, 0.15) is 25.7 Å². The van der Waals surface area contributed by atoms with E-state index in [0.717, 1.165) is 0 Å².